The van der Waals surface area contributed by atoms with Gasteiger partial charge in [-0.2, -0.15) is 0 Å². The Balaban J connectivity index is 1.97. The minimum absolute atomic E-state index is 0.169. The van der Waals surface area contributed by atoms with Crippen molar-refractivity contribution in [3.63, 3.8) is 0 Å². The number of hydrogen-bond acceptors (Lipinski definition) is 8. The Bertz CT molecular complexity index is 1590. The van der Waals surface area contributed by atoms with Crippen LogP contribution in [-0.2, 0) is 21.7 Å². The second kappa shape index (κ2) is 13.7. The van der Waals surface area contributed by atoms with Crippen molar-refractivity contribution >= 4 is 45.5 Å². The molecule has 1 heterocycles. The van der Waals surface area contributed by atoms with Gasteiger partial charge in [0.25, 0.3) is 0 Å². The second-order valence-electron chi connectivity index (χ2n) is 17.9. The van der Waals surface area contributed by atoms with Gasteiger partial charge in [-0.3, -0.25) is 0 Å². The van der Waals surface area contributed by atoms with Gasteiger partial charge in [0, 0.05) is 0 Å². The summed E-state index contributed by atoms with van der Waals surface area (Å²) < 4.78 is 24.9. The van der Waals surface area contributed by atoms with E-state index in [-0.39, 0.29) is 21.7 Å². The topological polar surface area (TPSA) is 85.0 Å². The molecule has 0 saturated carbocycles. The van der Waals surface area contributed by atoms with Crippen LogP contribution in [0.15, 0.2) is 48.5 Å². The van der Waals surface area contributed by atoms with Crippen LogP contribution in [0.25, 0.3) is 0 Å². The summed E-state index contributed by atoms with van der Waals surface area (Å²) >= 11 is 0. The zero-order chi connectivity index (χ0) is 38.6. The minimum Gasteiger partial charge on any atom is -0.492 e. The molecule has 0 unspecified atom stereocenters. The highest BCUT2D eigenvalue weighted by molar-refractivity contribution is 5.90. The van der Waals surface area contributed by atoms with Gasteiger partial charge in [-0.25, -0.2) is 0 Å². The maximum absolute atomic E-state index is 6.23. The van der Waals surface area contributed by atoms with Crippen LogP contribution in [-0.4, -0.2) is 28.4 Å². The van der Waals surface area contributed by atoms with Gasteiger partial charge in [-0.15, -0.1) is 0 Å². The molecule has 52 heavy (non-hydrogen) atoms. The van der Waals surface area contributed by atoms with E-state index >= 15 is 0 Å². The smallest absolute Gasteiger partial charge is 0.165 e. The third-order valence-electron chi connectivity index (χ3n) is 9.71. The van der Waals surface area contributed by atoms with Crippen LogP contribution in [0.4, 0.5) is 45.5 Å². The van der Waals surface area contributed by atoms with Gasteiger partial charge in [0.05, 0.1) is 73.9 Å². The summed E-state index contributed by atoms with van der Waals surface area (Å²) in [4.78, 5) is 0. The first-order valence-electron chi connectivity index (χ1n) is 18.1. The molecule has 0 atom stereocenters. The number of fused-ring (bicyclic) bond motifs is 8. The predicted molar refractivity (Wildman–Crippen MR) is 220 cm³/mol. The first-order valence-corrected chi connectivity index (χ1v) is 18.1. The first-order chi connectivity index (χ1) is 24.1. The maximum atomic E-state index is 6.23. The normalized spacial score (nSPS) is 13.2. The summed E-state index contributed by atoms with van der Waals surface area (Å²) in [5.41, 5.74) is 10.3. The summed E-state index contributed by atoms with van der Waals surface area (Å²) in [6.45, 7) is 26.6. The van der Waals surface area contributed by atoms with E-state index in [0.29, 0.717) is 23.0 Å². The summed E-state index contributed by atoms with van der Waals surface area (Å²) in [6.07, 6.45) is 0. The van der Waals surface area contributed by atoms with Crippen molar-refractivity contribution in [2.45, 2.75) is 105 Å². The third-order valence-corrected chi connectivity index (χ3v) is 9.71. The molecule has 0 spiro atoms. The summed E-state index contributed by atoms with van der Waals surface area (Å²) in [7, 11) is 6.83. The molecule has 0 radical (unpaired) electrons. The highest BCUT2D eigenvalue weighted by atomic mass is 16.5. The standard InChI is InChI=1S/C44H60N4O4/c1-41(2,3)25-17-29-37(49-13)30(18-25)46-32-20-27(43(7,8)9)22-34(39(32)51-15)48-36-24-28(44(10,11)12)23-35(40(36)52-16)47-33-21-26(42(4,5)6)19-31(45-29)38(33)50-14/h17-24,45-48H,1-16H3. The number of nitrogens with one attached hydrogen (secondary N) is 4. The fourth-order valence-corrected chi connectivity index (χ4v) is 6.45. The number of benzene rings is 4. The third kappa shape index (κ3) is 7.71. The Labute approximate surface area is 312 Å². The average Bonchev–Trinajstić information content (AvgIpc) is 3.02. The van der Waals surface area contributed by atoms with E-state index in [1.807, 2.05) is 0 Å². The van der Waals surface area contributed by atoms with Gasteiger partial charge in [0.2, 0.25) is 0 Å². The van der Waals surface area contributed by atoms with E-state index in [1.165, 1.54) is 0 Å². The number of methoxy groups -OCH3 is 4. The molecule has 4 aromatic rings. The van der Waals surface area contributed by atoms with E-state index < -0.39 is 0 Å². The van der Waals surface area contributed by atoms with Crippen LogP contribution in [0.3, 0.4) is 0 Å². The quantitative estimate of drug-likeness (QED) is 0.147. The number of ether oxygens (including phenoxy) is 4. The molecule has 8 heteroatoms. The lowest BCUT2D eigenvalue weighted by atomic mass is 9.85. The molecule has 0 fully saturated rings. The second-order valence-corrected chi connectivity index (χ2v) is 17.9. The van der Waals surface area contributed by atoms with Crippen molar-refractivity contribution in [3.05, 3.63) is 70.8 Å². The Hall–Kier alpha value is -4.72. The molecule has 0 amide bonds. The summed E-state index contributed by atoms with van der Waals surface area (Å²) in [5.74, 6) is 2.66. The molecule has 0 aliphatic carbocycles. The number of rotatable bonds is 4. The highest BCUT2D eigenvalue weighted by Gasteiger charge is 2.28. The van der Waals surface area contributed by atoms with Crippen LogP contribution in [0.2, 0.25) is 0 Å². The van der Waals surface area contributed by atoms with Crippen molar-refractivity contribution in [2.75, 3.05) is 49.7 Å². The molecule has 0 aromatic heterocycles. The Morgan fingerprint density at radius 1 is 0.288 bits per heavy atom. The van der Waals surface area contributed by atoms with Crippen LogP contribution >= 0.6 is 0 Å². The van der Waals surface area contributed by atoms with Gasteiger partial charge in [0.1, 0.15) is 0 Å². The van der Waals surface area contributed by atoms with Crippen LogP contribution in [0, 0.1) is 0 Å². The SMILES string of the molecule is COc1c2cc(C(C)(C)C)cc1Nc1cc(C(C)(C)C)cc(c1OC)Nc1cc(C(C)(C)C)cc(c1OC)Nc1cc(C(C)(C)C)cc(c1OC)N2. The molecule has 0 saturated heterocycles. The summed E-state index contributed by atoms with van der Waals surface area (Å²) in [5, 5.41) is 15.1. The maximum Gasteiger partial charge on any atom is 0.165 e. The van der Waals surface area contributed by atoms with Crippen molar-refractivity contribution in [2.24, 2.45) is 0 Å². The van der Waals surface area contributed by atoms with E-state index in [2.05, 4.69) is 153 Å². The minimum atomic E-state index is -0.169. The lowest BCUT2D eigenvalue weighted by molar-refractivity contribution is 0.413. The molecule has 8 nitrogen and oxygen atoms in total. The zero-order valence-corrected chi connectivity index (χ0v) is 34.3. The molecule has 4 N–H and O–H groups in total. The largest absolute Gasteiger partial charge is 0.492 e. The monoisotopic (exact) mass is 708 g/mol. The fraction of sp³-hybridized carbons (Fsp3) is 0.455. The van der Waals surface area contributed by atoms with E-state index in [0.717, 1.165) is 67.8 Å². The number of hydrogen-bond donors (Lipinski definition) is 4. The van der Waals surface area contributed by atoms with Crippen molar-refractivity contribution in [1.29, 1.82) is 0 Å². The lowest BCUT2D eigenvalue weighted by Crippen LogP contribution is -2.16. The van der Waals surface area contributed by atoms with Gasteiger partial charge >= 0.3 is 0 Å². The molecule has 1 aliphatic heterocycles. The summed E-state index contributed by atoms with van der Waals surface area (Å²) in [6, 6.07) is 17.3. The zero-order valence-electron chi connectivity index (χ0n) is 34.3. The van der Waals surface area contributed by atoms with Gasteiger partial charge < -0.3 is 40.2 Å². The molecule has 4 aromatic carbocycles. The number of anilines is 8. The average molecular weight is 709 g/mol. The first kappa shape index (κ1) is 38.5. The van der Waals surface area contributed by atoms with Crippen molar-refractivity contribution < 1.29 is 18.9 Å². The van der Waals surface area contributed by atoms with Crippen molar-refractivity contribution in [1.82, 2.24) is 0 Å². The molecule has 8 bridgehead atoms. The van der Waals surface area contributed by atoms with Gasteiger partial charge in [-0.1, -0.05) is 83.1 Å². The fourth-order valence-electron chi connectivity index (χ4n) is 6.45. The van der Waals surface area contributed by atoms with Crippen LogP contribution < -0.4 is 40.2 Å². The molecule has 5 rings (SSSR count). The molecule has 280 valence electrons. The van der Waals surface area contributed by atoms with Crippen LogP contribution in [0.1, 0.15) is 105 Å². The van der Waals surface area contributed by atoms with Gasteiger partial charge in [0.15, 0.2) is 23.0 Å². The Kier molecular flexibility index (Phi) is 10.1. The van der Waals surface area contributed by atoms with E-state index in [1.54, 1.807) is 28.4 Å². The van der Waals surface area contributed by atoms with Crippen molar-refractivity contribution in [3.8, 4) is 23.0 Å². The molecule has 1 aliphatic rings. The Morgan fingerprint density at radius 2 is 0.423 bits per heavy atom. The molecular formula is C44H60N4O4. The van der Waals surface area contributed by atoms with E-state index in [9.17, 15) is 0 Å². The highest BCUT2D eigenvalue weighted by Crippen LogP contribution is 2.50. The van der Waals surface area contributed by atoms with E-state index in [4.69, 9.17) is 18.9 Å². The predicted octanol–water partition coefficient (Wildman–Crippen LogP) is 12.2. The Morgan fingerprint density at radius 3 is 0.519 bits per heavy atom. The van der Waals surface area contributed by atoms with Crippen LogP contribution in [0.5, 0.6) is 23.0 Å². The molecular weight excluding hydrogens is 649 g/mol. The van der Waals surface area contributed by atoms with Gasteiger partial charge in [-0.05, 0) is 92.4 Å². The lowest BCUT2D eigenvalue weighted by Gasteiger charge is -2.29.